The summed E-state index contributed by atoms with van der Waals surface area (Å²) in [5.41, 5.74) is 7.05. The molecular weight excluding hydrogens is 270 g/mol. The van der Waals surface area contributed by atoms with Crippen molar-refractivity contribution in [3.8, 4) is 0 Å². The van der Waals surface area contributed by atoms with Gasteiger partial charge in [0.2, 0.25) is 5.91 Å². The van der Waals surface area contributed by atoms with Gasteiger partial charge in [0.25, 0.3) is 0 Å². The Kier molecular flexibility index (Phi) is 5.09. The maximum atomic E-state index is 11.1. The summed E-state index contributed by atoms with van der Waals surface area (Å²) in [5, 5.41) is 2.97. The predicted molar refractivity (Wildman–Crippen MR) is 84.6 cm³/mol. The van der Waals surface area contributed by atoms with Crippen LogP contribution in [-0.4, -0.2) is 41.5 Å². The molecule has 1 aromatic carbocycles. The van der Waals surface area contributed by atoms with Gasteiger partial charge < -0.3 is 16.0 Å². The van der Waals surface area contributed by atoms with Gasteiger partial charge in [-0.25, -0.2) is 0 Å². The SMILES string of the molecule is CC(=O)NC1CCN(CC(C(N)=S)c2ccccc2)C1. The average Bonchev–Trinajstić information content (AvgIpc) is 2.83. The van der Waals surface area contributed by atoms with E-state index >= 15 is 0 Å². The Bertz CT molecular complexity index is 477. The predicted octanol–water partition coefficient (Wildman–Crippen LogP) is 1.27. The molecule has 108 valence electrons. The quantitative estimate of drug-likeness (QED) is 0.802. The zero-order chi connectivity index (χ0) is 14.5. The molecule has 1 amide bonds. The van der Waals surface area contributed by atoms with Crippen LogP contribution in [-0.2, 0) is 4.79 Å². The van der Waals surface area contributed by atoms with Crippen molar-refractivity contribution in [1.82, 2.24) is 10.2 Å². The first-order valence-corrected chi connectivity index (χ1v) is 7.31. The minimum Gasteiger partial charge on any atom is -0.393 e. The molecule has 0 aromatic heterocycles. The number of benzene rings is 1. The van der Waals surface area contributed by atoms with Crippen molar-refractivity contribution in [3.05, 3.63) is 35.9 Å². The molecule has 1 aliphatic heterocycles. The average molecular weight is 291 g/mol. The third-order valence-electron chi connectivity index (χ3n) is 3.67. The molecule has 4 nitrogen and oxygen atoms in total. The van der Waals surface area contributed by atoms with E-state index in [2.05, 4.69) is 22.3 Å². The monoisotopic (exact) mass is 291 g/mol. The molecule has 0 bridgehead atoms. The molecule has 5 heteroatoms. The van der Waals surface area contributed by atoms with Crippen LogP contribution in [0.1, 0.15) is 24.8 Å². The minimum atomic E-state index is 0.0332. The van der Waals surface area contributed by atoms with Gasteiger partial charge in [0.05, 0.1) is 4.99 Å². The Labute approximate surface area is 125 Å². The highest BCUT2D eigenvalue weighted by atomic mass is 32.1. The number of carbonyl (C=O) groups excluding carboxylic acids is 1. The van der Waals surface area contributed by atoms with Crippen molar-refractivity contribution in [2.24, 2.45) is 5.73 Å². The van der Waals surface area contributed by atoms with Crippen LogP contribution in [0.3, 0.4) is 0 Å². The fourth-order valence-electron chi connectivity index (χ4n) is 2.71. The summed E-state index contributed by atoms with van der Waals surface area (Å²) in [7, 11) is 0. The lowest BCUT2D eigenvalue weighted by molar-refractivity contribution is -0.119. The van der Waals surface area contributed by atoms with E-state index in [1.807, 2.05) is 18.2 Å². The molecule has 0 spiro atoms. The molecule has 20 heavy (non-hydrogen) atoms. The molecule has 1 aliphatic rings. The fraction of sp³-hybridized carbons (Fsp3) is 0.467. The van der Waals surface area contributed by atoms with Crippen LogP contribution in [0.4, 0.5) is 0 Å². The Morgan fingerprint density at radius 1 is 1.50 bits per heavy atom. The van der Waals surface area contributed by atoms with E-state index in [-0.39, 0.29) is 17.9 Å². The van der Waals surface area contributed by atoms with E-state index in [0.717, 1.165) is 31.6 Å². The van der Waals surface area contributed by atoms with Crippen LogP contribution in [0, 0.1) is 0 Å². The summed E-state index contributed by atoms with van der Waals surface area (Å²) in [6.45, 7) is 4.21. The molecule has 1 fully saturated rings. The number of carbonyl (C=O) groups is 1. The number of thiocarbonyl (C=S) groups is 1. The van der Waals surface area contributed by atoms with Gasteiger partial charge in [-0.05, 0) is 12.0 Å². The van der Waals surface area contributed by atoms with Crippen molar-refractivity contribution in [2.45, 2.75) is 25.3 Å². The number of nitrogens with two attached hydrogens (primary N) is 1. The van der Waals surface area contributed by atoms with E-state index in [9.17, 15) is 4.79 Å². The molecule has 2 rings (SSSR count). The topological polar surface area (TPSA) is 58.4 Å². The zero-order valence-electron chi connectivity index (χ0n) is 11.7. The van der Waals surface area contributed by atoms with Gasteiger partial charge in [0.15, 0.2) is 0 Å². The molecule has 0 aliphatic carbocycles. The lowest BCUT2D eigenvalue weighted by atomic mass is 9.98. The van der Waals surface area contributed by atoms with Crippen molar-refractivity contribution in [1.29, 1.82) is 0 Å². The molecule has 0 saturated carbocycles. The number of hydrogen-bond donors (Lipinski definition) is 2. The van der Waals surface area contributed by atoms with Gasteiger partial charge in [-0.1, -0.05) is 42.5 Å². The first kappa shape index (κ1) is 14.9. The maximum Gasteiger partial charge on any atom is 0.217 e. The van der Waals surface area contributed by atoms with E-state index < -0.39 is 0 Å². The largest absolute Gasteiger partial charge is 0.393 e. The molecule has 0 radical (unpaired) electrons. The van der Waals surface area contributed by atoms with Crippen LogP contribution < -0.4 is 11.1 Å². The second-order valence-corrected chi connectivity index (χ2v) is 5.78. The first-order valence-electron chi connectivity index (χ1n) is 6.90. The Morgan fingerprint density at radius 2 is 2.20 bits per heavy atom. The highest BCUT2D eigenvalue weighted by Crippen LogP contribution is 2.20. The minimum absolute atomic E-state index is 0.0332. The molecular formula is C15H21N3OS. The normalized spacial score (nSPS) is 20.6. The number of nitrogens with one attached hydrogen (secondary N) is 1. The van der Waals surface area contributed by atoms with Crippen LogP contribution >= 0.6 is 12.2 Å². The van der Waals surface area contributed by atoms with Crippen LogP contribution in [0.2, 0.25) is 0 Å². The molecule has 1 saturated heterocycles. The summed E-state index contributed by atoms with van der Waals surface area (Å²) in [4.78, 5) is 13.9. The number of rotatable bonds is 5. The lowest BCUT2D eigenvalue weighted by Crippen LogP contribution is -2.38. The van der Waals surface area contributed by atoms with Crippen LogP contribution in [0.25, 0.3) is 0 Å². The van der Waals surface area contributed by atoms with Gasteiger partial charge in [0.1, 0.15) is 0 Å². The Balaban J connectivity index is 1.97. The fourth-order valence-corrected chi connectivity index (χ4v) is 2.92. The molecule has 3 N–H and O–H groups in total. The summed E-state index contributed by atoms with van der Waals surface area (Å²) in [5.74, 6) is 0.105. The van der Waals surface area contributed by atoms with Gasteiger partial charge >= 0.3 is 0 Å². The third-order valence-corrected chi connectivity index (χ3v) is 3.95. The summed E-state index contributed by atoms with van der Waals surface area (Å²) < 4.78 is 0. The van der Waals surface area contributed by atoms with Crippen molar-refractivity contribution in [3.63, 3.8) is 0 Å². The van der Waals surface area contributed by atoms with Crippen molar-refractivity contribution in [2.75, 3.05) is 19.6 Å². The van der Waals surface area contributed by atoms with Crippen molar-refractivity contribution < 1.29 is 4.79 Å². The van der Waals surface area contributed by atoms with Crippen LogP contribution in [0.5, 0.6) is 0 Å². The maximum absolute atomic E-state index is 11.1. The highest BCUT2D eigenvalue weighted by Gasteiger charge is 2.26. The number of amides is 1. The van der Waals surface area contributed by atoms with E-state index in [4.69, 9.17) is 18.0 Å². The number of nitrogens with zero attached hydrogens (tertiary/aromatic N) is 1. The third kappa shape index (κ3) is 4.02. The first-order chi connectivity index (χ1) is 9.56. The lowest BCUT2D eigenvalue weighted by Gasteiger charge is -2.23. The van der Waals surface area contributed by atoms with Crippen LogP contribution in [0.15, 0.2) is 30.3 Å². The second-order valence-electron chi connectivity index (χ2n) is 5.31. The summed E-state index contributed by atoms with van der Waals surface area (Å²) in [6.07, 6.45) is 0.985. The number of hydrogen-bond acceptors (Lipinski definition) is 3. The van der Waals surface area contributed by atoms with Gasteiger partial charge in [-0.2, -0.15) is 0 Å². The smallest absolute Gasteiger partial charge is 0.217 e. The summed E-state index contributed by atoms with van der Waals surface area (Å²) in [6, 6.07) is 10.4. The van der Waals surface area contributed by atoms with Gasteiger partial charge in [-0.3, -0.25) is 4.79 Å². The van der Waals surface area contributed by atoms with E-state index in [1.165, 1.54) is 0 Å². The molecule has 1 heterocycles. The Hall–Kier alpha value is -1.46. The van der Waals surface area contributed by atoms with E-state index in [1.54, 1.807) is 6.92 Å². The van der Waals surface area contributed by atoms with Crippen molar-refractivity contribution >= 4 is 23.1 Å². The summed E-state index contributed by atoms with van der Waals surface area (Å²) >= 11 is 5.21. The van der Waals surface area contributed by atoms with E-state index in [0.29, 0.717) is 4.99 Å². The molecule has 2 unspecified atom stereocenters. The van der Waals surface area contributed by atoms with Gasteiger partial charge in [0, 0.05) is 38.5 Å². The highest BCUT2D eigenvalue weighted by molar-refractivity contribution is 7.80. The Morgan fingerprint density at radius 3 is 2.80 bits per heavy atom. The second kappa shape index (κ2) is 6.81. The number of likely N-dealkylation sites (tertiary alicyclic amines) is 1. The molecule has 2 atom stereocenters. The standard InChI is InChI=1S/C15H21N3OS/c1-11(19)17-13-7-8-18(9-13)10-14(15(16)20)12-5-3-2-4-6-12/h2-6,13-14H,7-10H2,1H3,(H2,16,20)(H,17,19). The zero-order valence-corrected chi connectivity index (χ0v) is 12.5. The molecule has 1 aromatic rings. The van der Waals surface area contributed by atoms with Gasteiger partial charge in [-0.15, -0.1) is 0 Å².